The fraction of sp³-hybridized carbons (Fsp3) is 0.781. The van der Waals surface area contributed by atoms with Gasteiger partial charge in [0.1, 0.15) is 6.10 Å². The van der Waals surface area contributed by atoms with Gasteiger partial charge in [0, 0.05) is 36.8 Å². The Morgan fingerprint density at radius 2 is 1.90 bits per heavy atom. The number of likely N-dealkylation sites (N-methyl/N-ethyl adjacent to an activating group) is 1. The molecule has 1 aromatic heterocycles. The van der Waals surface area contributed by atoms with Gasteiger partial charge < -0.3 is 19.6 Å². The second-order valence-corrected chi connectivity index (χ2v) is 14.2. The van der Waals surface area contributed by atoms with E-state index in [2.05, 4.69) is 24.1 Å². The van der Waals surface area contributed by atoms with Crippen LogP contribution >= 0.6 is 0 Å². The largest absolute Gasteiger partial charge is 0.462 e. The minimum absolute atomic E-state index is 0.00689. The second-order valence-electron chi connectivity index (χ2n) is 14.2. The molecule has 220 valence electrons. The van der Waals surface area contributed by atoms with Crippen molar-refractivity contribution in [2.45, 2.75) is 115 Å². The van der Waals surface area contributed by atoms with Gasteiger partial charge in [-0.2, -0.15) is 0 Å². The molecule has 0 spiro atoms. The van der Waals surface area contributed by atoms with E-state index < -0.39 is 22.7 Å². The maximum absolute atomic E-state index is 13.0. The van der Waals surface area contributed by atoms with Crippen LogP contribution in [0.15, 0.2) is 27.6 Å². The predicted molar refractivity (Wildman–Crippen MR) is 149 cm³/mol. The van der Waals surface area contributed by atoms with Crippen molar-refractivity contribution in [3.8, 4) is 0 Å². The Balaban J connectivity index is 1.23. The summed E-state index contributed by atoms with van der Waals surface area (Å²) in [5, 5.41) is 16.1. The molecule has 5 fully saturated rings. The lowest BCUT2D eigenvalue weighted by atomic mass is 9.43. The maximum Gasteiger partial charge on any atom is 0.335 e. The summed E-state index contributed by atoms with van der Waals surface area (Å²) in [6, 6.07) is 3.42. The molecule has 4 aliphatic carbocycles. The standard InChI is InChI=1S/C32H46N2O6/c1-19(35)40-26-17-32(38)24-9-8-21-16-22(33-29(37)25-6-5-15-34(25)4)11-13-30(21,2)23(24)12-14-31(32,3)28(26)20-7-10-27(36)39-18-20/h7,10,18,21-26,28,38H,5-6,8-9,11-17H2,1-4H3,(H,33,37)/t21-,22+,23+,24-,25?,26+,28+,30+,31-,32+/m1/s1. The van der Waals surface area contributed by atoms with E-state index in [1.54, 1.807) is 6.07 Å². The van der Waals surface area contributed by atoms with Crippen molar-refractivity contribution >= 4 is 11.9 Å². The highest BCUT2D eigenvalue weighted by atomic mass is 16.5. The molecular weight excluding hydrogens is 508 g/mol. The predicted octanol–water partition coefficient (Wildman–Crippen LogP) is 4.00. The van der Waals surface area contributed by atoms with E-state index in [9.17, 15) is 19.5 Å². The first kappa shape index (κ1) is 28.0. The molecular formula is C32H46N2O6. The van der Waals surface area contributed by atoms with E-state index in [1.165, 1.54) is 19.3 Å². The quantitative estimate of drug-likeness (QED) is 0.542. The van der Waals surface area contributed by atoms with Gasteiger partial charge in [-0.05, 0) is 106 Å². The van der Waals surface area contributed by atoms with E-state index in [4.69, 9.17) is 9.15 Å². The summed E-state index contributed by atoms with van der Waals surface area (Å²) in [5.41, 5.74) is -0.978. The third-order valence-electron chi connectivity index (χ3n) is 12.4. The van der Waals surface area contributed by atoms with Gasteiger partial charge in [0.25, 0.3) is 0 Å². The van der Waals surface area contributed by atoms with Crippen LogP contribution in [0.1, 0.15) is 96.5 Å². The van der Waals surface area contributed by atoms with Crippen molar-refractivity contribution in [1.82, 2.24) is 10.2 Å². The van der Waals surface area contributed by atoms with E-state index in [0.717, 1.165) is 69.9 Å². The summed E-state index contributed by atoms with van der Waals surface area (Å²) in [6.45, 7) is 7.01. The average molecular weight is 555 g/mol. The minimum Gasteiger partial charge on any atom is -0.462 e. The zero-order valence-electron chi connectivity index (χ0n) is 24.5. The molecule has 5 aliphatic rings. The lowest BCUT2D eigenvalue weighted by molar-refractivity contribution is -0.202. The molecule has 6 rings (SSSR count). The average Bonchev–Trinajstić information content (AvgIpc) is 3.42. The number of carbonyl (C=O) groups excluding carboxylic acids is 2. The molecule has 2 N–H and O–H groups in total. The Morgan fingerprint density at radius 1 is 1.10 bits per heavy atom. The molecule has 4 saturated carbocycles. The number of carbonyl (C=O) groups is 2. The number of fused-ring (bicyclic) bond motifs is 5. The van der Waals surface area contributed by atoms with Gasteiger partial charge in [0.15, 0.2) is 0 Å². The number of amides is 1. The van der Waals surface area contributed by atoms with Gasteiger partial charge in [-0.3, -0.25) is 14.5 Å². The molecule has 0 bridgehead atoms. The van der Waals surface area contributed by atoms with Gasteiger partial charge in [-0.15, -0.1) is 0 Å². The number of nitrogens with one attached hydrogen (secondary N) is 1. The van der Waals surface area contributed by atoms with E-state index >= 15 is 0 Å². The first-order valence-electron chi connectivity index (χ1n) is 15.5. The number of nitrogens with zero attached hydrogens (tertiary/aromatic N) is 1. The van der Waals surface area contributed by atoms with E-state index in [0.29, 0.717) is 18.3 Å². The van der Waals surface area contributed by atoms with Gasteiger partial charge in [0.05, 0.1) is 17.9 Å². The maximum atomic E-state index is 13.0. The van der Waals surface area contributed by atoms with Crippen LogP contribution in [0.4, 0.5) is 0 Å². The third kappa shape index (κ3) is 4.27. The first-order chi connectivity index (χ1) is 19.0. The molecule has 8 heteroatoms. The van der Waals surface area contributed by atoms with E-state index in [-0.39, 0.29) is 41.2 Å². The number of hydrogen-bond donors (Lipinski definition) is 2. The van der Waals surface area contributed by atoms with Crippen LogP contribution in [0.3, 0.4) is 0 Å². The van der Waals surface area contributed by atoms with Crippen molar-refractivity contribution < 1.29 is 23.8 Å². The normalized spacial score (nSPS) is 44.8. The Hall–Kier alpha value is -2.19. The molecule has 10 atom stereocenters. The molecule has 2 heterocycles. The van der Waals surface area contributed by atoms with Crippen LogP contribution in [0, 0.1) is 28.6 Å². The van der Waals surface area contributed by atoms with E-state index in [1.807, 2.05) is 7.05 Å². The number of aliphatic hydroxyl groups is 1. The van der Waals surface area contributed by atoms with Crippen molar-refractivity contribution in [1.29, 1.82) is 0 Å². The summed E-state index contributed by atoms with van der Waals surface area (Å²) < 4.78 is 11.1. The van der Waals surface area contributed by atoms with Crippen molar-refractivity contribution in [2.24, 2.45) is 28.6 Å². The van der Waals surface area contributed by atoms with Gasteiger partial charge in [0.2, 0.25) is 5.91 Å². The number of likely N-dealkylation sites (tertiary alicyclic amines) is 1. The molecule has 8 nitrogen and oxygen atoms in total. The van der Waals surface area contributed by atoms with Crippen LogP contribution < -0.4 is 10.9 Å². The fourth-order valence-electron chi connectivity index (χ4n) is 10.4. The molecule has 40 heavy (non-hydrogen) atoms. The van der Waals surface area contributed by atoms with Crippen LogP contribution in [0.25, 0.3) is 0 Å². The van der Waals surface area contributed by atoms with Gasteiger partial charge >= 0.3 is 11.6 Å². The minimum atomic E-state index is -0.983. The van der Waals surface area contributed by atoms with Crippen LogP contribution in [-0.2, 0) is 14.3 Å². The van der Waals surface area contributed by atoms with Gasteiger partial charge in [-0.25, -0.2) is 4.79 Å². The van der Waals surface area contributed by atoms with Crippen molar-refractivity contribution in [3.05, 3.63) is 34.4 Å². The lowest BCUT2D eigenvalue weighted by Crippen LogP contribution is -2.62. The second kappa shape index (κ2) is 9.97. The highest BCUT2D eigenvalue weighted by molar-refractivity contribution is 5.82. The summed E-state index contributed by atoms with van der Waals surface area (Å²) >= 11 is 0. The summed E-state index contributed by atoms with van der Waals surface area (Å²) in [6.07, 6.45) is 10.3. The van der Waals surface area contributed by atoms with Crippen LogP contribution in [0.2, 0.25) is 0 Å². The number of rotatable bonds is 4. The molecule has 0 radical (unpaired) electrons. The fourth-order valence-corrected chi connectivity index (χ4v) is 10.4. The highest BCUT2D eigenvalue weighted by Gasteiger charge is 2.70. The third-order valence-corrected chi connectivity index (χ3v) is 12.4. The Bertz CT molecular complexity index is 1200. The van der Waals surface area contributed by atoms with Gasteiger partial charge in [-0.1, -0.05) is 13.8 Å². The zero-order valence-corrected chi connectivity index (χ0v) is 24.5. The summed E-state index contributed by atoms with van der Waals surface area (Å²) in [5.74, 6) is 0.616. The monoisotopic (exact) mass is 554 g/mol. The summed E-state index contributed by atoms with van der Waals surface area (Å²) in [4.78, 5) is 39.1. The molecule has 1 saturated heterocycles. The number of hydrogen-bond acceptors (Lipinski definition) is 7. The number of ether oxygens (including phenoxy) is 1. The first-order valence-corrected chi connectivity index (χ1v) is 15.5. The molecule has 1 unspecified atom stereocenters. The highest BCUT2D eigenvalue weighted by Crippen LogP contribution is 2.70. The van der Waals surface area contributed by atoms with Crippen LogP contribution in [0.5, 0.6) is 0 Å². The molecule has 1 aromatic rings. The van der Waals surface area contributed by atoms with Crippen molar-refractivity contribution in [2.75, 3.05) is 13.6 Å². The molecule has 1 amide bonds. The smallest absolute Gasteiger partial charge is 0.335 e. The zero-order chi connectivity index (χ0) is 28.4. The molecule has 0 aromatic carbocycles. The molecule has 1 aliphatic heterocycles. The van der Waals surface area contributed by atoms with Crippen molar-refractivity contribution in [3.63, 3.8) is 0 Å². The van der Waals surface area contributed by atoms with Crippen LogP contribution in [-0.4, -0.2) is 59.3 Å². The lowest BCUT2D eigenvalue weighted by Gasteiger charge is -2.63. The Morgan fingerprint density at radius 3 is 2.58 bits per heavy atom. The Labute approximate surface area is 237 Å². The Kier molecular flexibility index (Phi) is 6.97. The summed E-state index contributed by atoms with van der Waals surface area (Å²) in [7, 11) is 2.05. The number of esters is 1. The SMILES string of the molecule is CC(=O)O[C@H]1C[C@]2(O)[C@@H]3CC[C@@H]4C[C@@H](NC(=O)C5CCCN5C)CC[C@]4(C)[C@H]3CC[C@]2(C)[C@H]1c1ccc(=O)oc1. The topological polar surface area (TPSA) is 109 Å².